The van der Waals surface area contributed by atoms with Crippen molar-refractivity contribution in [1.29, 1.82) is 0 Å². The third-order valence-electron chi connectivity index (χ3n) is 3.50. The summed E-state index contributed by atoms with van der Waals surface area (Å²) in [5.74, 6) is 0.673. The maximum atomic E-state index is 5.70. The van der Waals surface area contributed by atoms with Crippen LogP contribution in [0.1, 0.15) is 12.1 Å². The van der Waals surface area contributed by atoms with E-state index in [2.05, 4.69) is 20.5 Å². The highest BCUT2D eigenvalue weighted by Crippen LogP contribution is 2.17. The van der Waals surface area contributed by atoms with Crippen LogP contribution in [0.3, 0.4) is 0 Å². The van der Waals surface area contributed by atoms with Crippen LogP contribution >= 0.6 is 0 Å². The van der Waals surface area contributed by atoms with Crippen molar-refractivity contribution in [2.75, 3.05) is 19.6 Å². The van der Waals surface area contributed by atoms with Crippen molar-refractivity contribution >= 4 is 5.65 Å². The minimum atomic E-state index is 0.673. The van der Waals surface area contributed by atoms with E-state index in [-0.39, 0.29) is 0 Å². The Bertz CT molecular complexity index is 472. The van der Waals surface area contributed by atoms with E-state index in [1.54, 1.807) is 0 Å². The van der Waals surface area contributed by atoms with Crippen LogP contribution in [0.4, 0.5) is 0 Å². The molecule has 1 aliphatic rings. The number of hydrogen-bond donors (Lipinski definition) is 1. The van der Waals surface area contributed by atoms with Crippen molar-refractivity contribution < 1.29 is 0 Å². The Morgan fingerprint density at radius 1 is 1.41 bits per heavy atom. The van der Waals surface area contributed by atoms with Gasteiger partial charge in [0.1, 0.15) is 5.65 Å². The summed E-state index contributed by atoms with van der Waals surface area (Å²) in [5, 5.41) is 0. The molecule has 0 bridgehead atoms. The van der Waals surface area contributed by atoms with Gasteiger partial charge in [0.25, 0.3) is 0 Å². The Labute approximate surface area is 101 Å². The lowest BCUT2D eigenvalue weighted by Gasteiger charge is -2.13. The molecule has 0 saturated carbocycles. The first-order valence-corrected chi connectivity index (χ1v) is 6.20. The average molecular weight is 230 g/mol. The lowest BCUT2D eigenvalue weighted by Crippen LogP contribution is -2.22. The predicted molar refractivity (Wildman–Crippen MR) is 67.6 cm³/mol. The van der Waals surface area contributed by atoms with Crippen molar-refractivity contribution in [3.05, 3.63) is 36.3 Å². The van der Waals surface area contributed by atoms with E-state index >= 15 is 0 Å². The summed E-state index contributed by atoms with van der Waals surface area (Å²) < 4.78 is 2.08. The van der Waals surface area contributed by atoms with Crippen LogP contribution in [-0.4, -0.2) is 33.9 Å². The van der Waals surface area contributed by atoms with Gasteiger partial charge in [0, 0.05) is 25.5 Å². The monoisotopic (exact) mass is 230 g/mol. The molecule has 1 fully saturated rings. The number of nitrogens with zero attached hydrogens (tertiary/aromatic N) is 3. The van der Waals surface area contributed by atoms with Crippen molar-refractivity contribution in [3.63, 3.8) is 0 Å². The van der Waals surface area contributed by atoms with Gasteiger partial charge in [-0.15, -0.1) is 0 Å². The fourth-order valence-corrected chi connectivity index (χ4v) is 2.54. The molecule has 0 aliphatic carbocycles. The second-order valence-electron chi connectivity index (χ2n) is 4.82. The third kappa shape index (κ3) is 2.18. The molecule has 1 atom stereocenters. The molecule has 2 N–H and O–H groups in total. The van der Waals surface area contributed by atoms with Gasteiger partial charge in [-0.25, -0.2) is 4.98 Å². The van der Waals surface area contributed by atoms with Crippen LogP contribution in [0.15, 0.2) is 30.6 Å². The molecular formula is C13H18N4. The summed E-state index contributed by atoms with van der Waals surface area (Å²) in [6, 6.07) is 6.08. The highest BCUT2D eigenvalue weighted by atomic mass is 15.2. The van der Waals surface area contributed by atoms with Gasteiger partial charge in [-0.05, 0) is 37.6 Å². The lowest BCUT2D eigenvalue weighted by atomic mass is 10.1. The maximum Gasteiger partial charge on any atom is 0.137 e. The molecular weight excluding hydrogens is 212 g/mol. The van der Waals surface area contributed by atoms with Crippen molar-refractivity contribution in [1.82, 2.24) is 14.3 Å². The minimum Gasteiger partial charge on any atom is -0.330 e. The number of aromatic nitrogens is 2. The molecule has 4 heteroatoms. The van der Waals surface area contributed by atoms with Gasteiger partial charge in [0.15, 0.2) is 0 Å². The average Bonchev–Trinajstić information content (AvgIpc) is 2.94. The van der Waals surface area contributed by atoms with Gasteiger partial charge in [-0.2, -0.15) is 0 Å². The summed E-state index contributed by atoms with van der Waals surface area (Å²) in [6.07, 6.45) is 5.38. The lowest BCUT2D eigenvalue weighted by molar-refractivity contribution is 0.314. The van der Waals surface area contributed by atoms with E-state index in [0.717, 1.165) is 37.5 Å². The van der Waals surface area contributed by atoms with E-state index in [1.165, 1.54) is 6.42 Å². The van der Waals surface area contributed by atoms with E-state index in [9.17, 15) is 0 Å². The topological polar surface area (TPSA) is 46.6 Å². The van der Waals surface area contributed by atoms with Crippen LogP contribution in [0.25, 0.3) is 5.65 Å². The van der Waals surface area contributed by atoms with Gasteiger partial charge < -0.3 is 10.1 Å². The van der Waals surface area contributed by atoms with Gasteiger partial charge in [0.2, 0.25) is 0 Å². The Hall–Kier alpha value is -1.39. The van der Waals surface area contributed by atoms with E-state index in [1.807, 2.05) is 24.4 Å². The van der Waals surface area contributed by atoms with Gasteiger partial charge in [-0.3, -0.25) is 4.90 Å². The zero-order valence-electron chi connectivity index (χ0n) is 9.92. The molecule has 1 aliphatic heterocycles. The first kappa shape index (κ1) is 10.7. The number of pyridine rings is 1. The third-order valence-corrected chi connectivity index (χ3v) is 3.50. The number of nitrogens with two attached hydrogens (primary N) is 1. The number of imidazole rings is 1. The molecule has 1 unspecified atom stereocenters. The number of hydrogen-bond acceptors (Lipinski definition) is 3. The van der Waals surface area contributed by atoms with Crippen LogP contribution in [0.2, 0.25) is 0 Å². The van der Waals surface area contributed by atoms with Crippen LogP contribution in [-0.2, 0) is 6.54 Å². The van der Waals surface area contributed by atoms with Gasteiger partial charge >= 0.3 is 0 Å². The molecule has 0 radical (unpaired) electrons. The number of likely N-dealkylation sites (tertiary alicyclic amines) is 1. The molecule has 4 nitrogen and oxygen atoms in total. The Morgan fingerprint density at radius 3 is 3.12 bits per heavy atom. The quantitative estimate of drug-likeness (QED) is 0.859. The summed E-state index contributed by atoms with van der Waals surface area (Å²) in [7, 11) is 0. The SMILES string of the molecule is NCC1CCN(Cc2cn3ccccc3n2)C1. The number of rotatable bonds is 3. The molecule has 17 heavy (non-hydrogen) atoms. The minimum absolute atomic E-state index is 0.673. The van der Waals surface area contributed by atoms with E-state index in [0.29, 0.717) is 5.92 Å². The Balaban J connectivity index is 1.73. The first-order chi connectivity index (χ1) is 8.35. The zero-order chi connectivity index (χ0) is 11.7. The fraction of sp³-hybridized carbons (Fsp3) is 0.462. The molecule has 1 saturated heterocycles. The molecule has 90 valence electrons. The molecule has 3 rings (SSSR count). The number of fused-ring (bicyclic) bond motifs is 1. The summed E-state index contributed by atoms with van der Waals surface area (Å²) in [5.41, 5.74) is 7.88. The van der Waals surface area contributed by atoms with Crippen molar-refractivity contribution in [2.24, 2.45) is 11.7 Å². The molecule has 3 heterocycles. The van der Waals surface area contributed by atoms with E-state index < -0.39 is 0 Å². The smallest absolute Gasteiger partial charge is 0.137 e. The van der Waals surface area contributed by atoms with Gasteiger partial charge in [-0.1, -0.05) is 6.07 Å². The maximum absolute atomic E-state index is 5.70. The molecule has 0 aromatic carbocycles. The molecule has 2 aromatic rings. The second-order valence-corrected chi connectivity index (χ2v) is 4.82. The first-order valence-electron chi connectivity index (χ1n) is 6.20. The Kier molecular flexibility index (Phi) is 2.82. The molecule has 0 spiro atoms. The van der Waals surface area contributed by atoms with Crippen LogP contribution < -0.4 is 5.73 Å². The summed E-state index contributed by atoms with van der Waals surface area (Å²) in [6.45, 7) is 4.01. The summed E-state index contributed by atoms with van der Waals surface area (Å²) >= 11 is 0. The van der Waals surface area contributed by atoms with Crippen molar-refractivity contribution in [2.45, 2.75) is 13.0 Å². The van der Waals surface area contributed by atoms with Crippen LogP contribution in [0, 0.1) is 5.92 Å². The predicted octanol–water partition coefficient (Wildman–Crippen LogP) is 1.11. The molecule has 0 amide bonds. The van der Waals surface area contributed by atoms with Crippen LogP contribution in [0.5, 0.6) is 0 Å². The highest BCUT2D eigenvalue weighted by molar-refractivity contribution is 5.39. The van der Waals surface area contributed by atoms with Gasteiger partial charge in [0.05, 0.1) is 5.69 Å². The Morgan fingerprint density at radius 2 is 2.35 bits per heavy atom. The van der Waals surface area contributed by atoms with Crippen molar-refractivity contribution in [3.8, 4) is 0 Å². The van der Waals surface area contributed by atoms with E-state index in [4.69, 9.17) is 5.73 Å². The summed E-state index contributed by atoms with van der Waals surface area (Å²) in [4.78, 5) is 7.06. The fourth-order valence-electron chi connectivity index (χ4n) is 2.54. The highest BCUT2D eigenvalue weighted by Gasteiger charge is 2.21. The normalized spacial score (nSPS) is 21.4. The largest absolute Gasteiger partial charge is 0.330 e. The second kappa shape index (κ2) is 4.47. The standard InChI is InChI=1S/C13H18N4/c14-7-11-4-6-16(8-11)9-12-10-17-5-2-1-3-13(17)15-12/h1-3,5,10-11H,4,6-9,14H2. The molecule has 2 aromatic heterocycles. The zero-order valence-corrected chi connectivity index (χ0v) is 9.92.